The molecule has 2 rings (SSSR count). The van der Waals surface area contributed by atoms with E-state index < -0.39 is 0 Å². The maximum atomic E-state index is 6.17. The second-order valence-corrected chi connectivity index (χ2v) is 6.55. The highest BCUT2D eigenvalue weighted by Gasteiger charge is 2.10. The first kappa shape index (κ1) is 18.4. The molecule has 0 saturated heterocycles. The third-order valence-corrected chi connectivity index (χ3v) is 5.11. The molecule has 0 aliphatic carbocycles. The molecule has 24 heavy (non-hydrogen) atoms. The number of nitrogens with two attached hydrogens (primary N) is 2. The third kappa shape index (κ3) is 3.92. The van der Waals surface area contributed by atoms with E-state index in [0.717, 1.165) is 49.9 Å². The van der Waals surface area contributed by atoms with Gasteiger partial charge in [0.1, 0.15) is 0 Å². The van der Waals surface area contributed by atoms with Crippen LogP contribution in [0.2, 0.25) is 0 Å². The molecule has 0 spiro atoms. The van der Waals surface area contributed by atoms with E-state index in [0.29, 0.717) is 0 Å². The van der Waals surface area contributed by atoms with Crippen LogP contribution in [0.25, 0.3) is 0 Å². The molecule has 0 aliphatic heterocycles. The minimum absolute atomic E-state index is 0.938. The molecule has 0 heterocycles. The molecule has 0 bridgehead atoms. The molecule has 0 unspecified atom stereocenters. The van der Waals surface area contributed by atoms with Gasteiger partial charge in [-0.15, -0.1) is 0 Å². The first-order valence-electron chi connectivity index (χ1n) is 9.34. The fourth-order valence-corrected chi connectivity index (χ4v) is 3.52. The van der Waals surface area contributed by atoms with Crippen LogP contribution in [0.15, 0.2) is 24.3 Å². The Hall–Kier alpha value is -1.96. The van der Waals surface area contributed by atoms with Crippen LogP contribution in [0.5, 0.6) is 0 Å². The SMILES string of the molecule is CCc1cc(CCc2cc(CC)c(N)cc2CC)c(CC)cc1N. The van der Waals surface area contributed by atoms with Gasteiger partial charge < -0.3 is 11.5 Å². The van der Waals surface area contributed by atoms with E-state index in [4.69, 9.17) is 11.5 Å². The van der Waals surface area contributed by atoms with Crippen molar-refractivity contribution in [2.45, 2.75) is 66.2 Å². The Morgan fingerprint density at radius 3 is 1.12 bits per heavy atom. The van der Waals surface area contributed by atoms with Crippen LogP contribution in [0.1, 0.15) is 61.1 Å². The van der Waals surface area contributed by atoms with E-state index in [2.05, 4.69) is 52.0 Å². The molecule has 130 valence electrons. The van der Waals surface area contributed by atoms with Gasteiger partial charge in [0.25, 0.3) is 0 Å². The lowest BCUT2D eigenvalue weighted by atomic mass is 9.91. The van der Waals surface area contributed by atoms with Crippen LogP contribution in [0.3, 0.4) is 0 Å². The fraction of sp³-hybridized carbons (Fsp3) is 0.455. The van der Waals surface area contributed by atoms with E-state index >= 15 is 0 Å². The van der Waals surface area contributed by atoms with Gasteiger partial charge in [-0.1, -0.05) is 39.8 Å². The number of hydrogen-bond donors (Lipinski definition) is 2. The summed E-state index contributed by atoms with van der Waals surface area (Å²) in [6.45, 7) is 8.76. The zero-order valence-corrected chi connectivity index (χ0v) is 15.7. The molecule has 0 saturated carbocycles. The van der Waals surface area contributed by atoms with Gasteiger partial charge in [-0.3, -0.25) is 0 Å². The molecule has 0 aliphatic rings. The maximum Gasteiger partial charge on any atom is 0.0349 e. The van der Waals surface area contributed by atoms with Crippen LogP contribution in [0, 0.1) is 0 Å². The molecular weight excluding hydrogens is 292 g/mol. The summed E-state index contributed by atoms with van der Waals surface area (Å²) >= 11 is 0. The lowest BCUT2D eigenvalue weighted by Crippen LogP contribution is -2.05. The molecule has 2 heteroatoms. The average Bonchev–Trinajstić information content (AvgIpc) is 2.60. The Kier molecular flexibility index (Phi) is 6.30. The Balaban J connectivity index is 2.30. The van der Waals surface area contributed by atoms with Crippen molar-refractivity contribution in [1.29, 1.82) is 0 Å². The fourth-order valence-electron chi connectivity index (χ4n) is 3.52. The molecule has 0 aromatic heterocycles. The number of aryl methyl sites for hydroxylation is 6. The van der Waals surface area contributed by atoms with Crippen LogP contribution >= 0.6 is 0 Å². The molecule has 2 nitrogen and oxygen atoms in total. The van der Waals surface area contributed by atoms with Crippen molar-refractivity contribution in [1.82, 2.24) is 0 Å². The molecule has 0 radical (unpaired) electrons. The van der Waals surface area contributed by atoms with Crippen molar-refractivity contribution >= 4 is 11.4 Å². The first-order chi connectivity index (χ1) is 11.5. The van der Waals surface area contributed by atoms with E-state index in [-0.39, 0.29) is 0 Å². The lowest BCUT2D eigenvalue weighted by Gasteiger charge is -2.16. The van der Waals surface area contributed by atoms with Crippen LogP contribution < -0.4 is 11.5 Å². The number of anilines is 2. The molecule has 2 aromatic carbocycles. The minimum Gasteiger partial charge on any atom is -0.398 e. The summed E-state index contributed by atoms with van der Waals surface area (Å²) in [5, 5.41) is 0. The third-order valence-electron chi connectivity index (χ3n) is 5.11. The van der Waals surface area contributed by atoms with Crippen molar-refractivity contribution in [2.75, 3.05) is 11.5 Å². The predicted octanol–water partition coefficient (Wildman–Crippen LogP) is 4.89. The van der Waals surface area contributed by atoms with Crippen molar-refractivity contribution in [2.24, 2.45) is 0 Å². The summed E-state index contributed by atoms with van der Waals surface area (Å²) in [6.07, 6.45) is 6.18. The number of nitrogen functional groups attached to an aromatic ring is 2. The highest BCUT2D eigenvalue weighted by atomic mass is 14.6. The maximum absolute atomic E-state index is 6.17. The summed E-state index contributed by atoms with van der Waals surface area (Å²) in [6, 6.07) is 8.99. The van der Waals surface area contributed by atoms with E-state index in [1.165, 1.54) is 33.4 Å². The number of rotatable bonds is 7. The summed E-state index contributed by atoms with van der Waals surface area (Å²) in [4.78, 5) is 0. The topological polar surface area (TPSA) is 52.0 Å². The highest BCUT2D eigenvalue weighted by molar-refractivity contribution is 5.54. The summed E-state index contributed by atoms with van der Waals surface area (Å²) < 4.78 is 0. The molecule has 0 amide bonds. The molecule has 2 aromatic rings. The van der Waals surface area contributed by atoms with Crippen LogP contribution in [0.4, 0.5) is 11.4 Å². The first-order valence-corrected chi connectivity index (χ1v) is 9.34. The Morgan fingerprint density at radius 1 is 0.500 bits per heavy atom. The smallest absolute Gasteiger partial charge is 0.0349 e. The van der Waals surface area contributed by atoms with Gasteiger partial charge in [0, 0.05) is 11.4 Å². The minimum atomic E-state index is 0.938. The van der Waals surface area contributed by atoms with Gasteiger partial charge in [0.05, 0.1) is 0 Å². The van der Waals surface area contributed by atoms with Gasteiger partial charge in [0.2, 0.25) is 0 Å². The lowest BCUT2D eigenvalue weighted by molar-refractivity contribution is 0.901. The van der Waals surface area contributed by atoms with Crippen molar-refractivity contribution in [3.05, 3.63) is 57.6 Å². The second kappa shape index (κ2) is 8.23. The molecular formula is C22H32N2. The zero-order chi connectivity index (χ0) is 17.7. The predicted molar refractivity (Wildman–Crippen MR) is 107 cm³/mol. The molecule has 0 fully saturated rings. The zero-order valence-electron chi connectivity index (χ0n) is 15.7. The second-order valence-electron chi connectivity index (χ2n) is 6.55. The van der Waals surface area contributed by atoms with Crippen molar-refractivity contribution < 1.29 is 0 Å². The number of benzene rings is 2. The van der Waals surface area contributed by atoms with E-state index in [1.54, 1.807) is 0 Å². The summed E-state index contributed by atoms with van der Waals surface area (Å²) in [5.74, 6) is 0. The highest BCUT2D eigenvalue weighted by Crippen LogP contribution is 2.25. The average molecular weight is 325 g/mol. The monoisotopic (exact) mass is 324 g/mol. The standard InChI is InChI=1S/C22H32N2/c1-5-15-13-21(23)17(7-3)11-19(15)9-10-20-12-18(8-4)22(24)14-16(20)6-2/h11-14H,5-10,23-24H2,1-4H3. The van der Waals surface area contributed by atoms with Gasteiger partial charge in [0.15, 0.2) is 0 Å². The Labute approximate surface area is 147 Å². The molecule has 4 N–H and O–H groups in total. The Morgan fingerprint density at radius 2 is 0.833 bits per heavy atom. The number of hydrogen-bond acceptors (Lipinski definition) is 2. The van der Waals surface area contributed by atoms with Gasteiger partial charge >= 0.3 is 0 Å². The van der Waals surface area contributed by atoms with Crippen LogP contribution in [-0.4, -0.2) is 0 Å². The molecule has 0 atom stereocenters. The summed E-state index contributed by atoms with van der Waals surface area (Å²) in [5.41, 5.74) is 22.4. The van der Waals surface area contributed by atoms with Gasteiger partial charge in [-0.2, -0.15) is 0 Å². The van der Waals surface area contributed by atoms with Gasteiger partial charge in [-0.25, -0.2) is 0 Å². The summed E-state index contributed by atoms with van der Waals surface area (Å²) in [7, 11) is 0. The van der Waals surface area contributed by atoms with Gasteiger partial charge in [-0.05, 0) is 84.0 Å². The largest absolute Gasteiger partial charge is 0.398 e. The van der Waals surface area contributed by atoms with Crippen molar-refractivity contribution in [3.63, 3.8) is 0 Å². The quantitative estimate of drug-likeness (QED) is 0.713. The normalized spacial score (nSPS) is 11.0. The Bertz CT molecular complexity index is 640. The van der Waals surface area contributed by atoms with E-state index in [1.807, 2.05) is 0 Å². The van der Waals surface area contributed by atoms with Crippen molar-refractivity contribution in [3.8, 4) is 0 Å². The van der Waals surface area contributed by atoms with E-state index in [9.17, 15) is 0 Å². The van der Waals surface area contributed by atoms with Crippen LogP contribution in [-0.2, 0) is 38.5 Å².